The number of hydrazine groups is 1. The zero-order chi connectivity index (χ0) is 15.4. The summed E-state index contributed by atoms with van der Waals surface area (Å²) in [5.41, 5.74) is 7.19. The van der Waals surface area contributed by atoms with Crippen molar-refractivity contribution < 1.29 is 4.79 Å². The van der Waals surface area contributed by atoms with Crippen molar-refractivity contribution in [1.82, 2.24) is 15.4 Å². The lowest BCUT2D eigenvalue weighted by atomic mass is 10.3. The molecule has 0 saturated carbocycles. The molecule has 1 aromatic heterocycles. The first kappa shape index (κ1) is 15.3. The van der Waals surface area contributed by atoms with Crippen molar-refractivity contribution in [3.8, 4) is 0 Å². The standard InChI is InChI=1S/C13H13Cl2N5O/c1-7-5-8(2)17-12(16-7)19-20-13(21)18-9-3-4-10(14)11(15)6-9/h3-6H,1-2H3,(H,16,17,19)(H2,18,20,21). The fraction of sp³-hybridized carbons (Fsp3) is 0.154. The molecule has 0 fully saturated rings. The van der Waals surface area contributed by atoms with Crippen LogP contribution in [0.15, 0.2) is 24.3 Å². The van der Waals surface area contributed by atoms with Gasteiger partial charge in [0.2, 0.25) is 5.95 Å². The Labute approximate surface area is 131 Å². The van der Waals surface area contributed by atoms with Gasteiger partial charge in [-0.2, -0.15) is 0 Å². The Balaban J connectivity index is 1.94. The molecule has 21 heavy (non-hydrogen) atoms. The largest absolute Gasteiger partial charge is 0.337 e. The summed E-state index contributed by atoms with van der Waals surface area (Å²) < 4.78 is 0. The smallest absolute Gasteiger partial charge is 0.307 e. The number of amides is 2. The SMILES string of the molecule is Cc1cc(C)nc(NNC(=O)Nc2ccc(Cl)c(Cl)c2)n1. The van der Waals surface area contributed by atoms with Gasteiger partial charge in [0.25, 0.3) is 0 Å². The van der Waals surface area contributed by atoms with E-state index < -0.39 is 6.03 Å². The molecule has 0 saturated heterocycles. The number of rotatable bonds is 3. The van der Waals surface area contributed by atoms with E-state index in [2.05, 4.69) is 26.1 Å². The lowest BCUT2D eigenvalue weighted by molar-refractivity contribution is 0.253. The summed E-state index contributed by atoms with van der Waals surface area (Å²) in [6.07, 6.45) is 0. The number of halogens is 2. The number of aryl methyl sites for hydroxylation is 2. The van der Waals surface area contributed by atoms with Crippen LogP contribution in [0.25, 0.3) is 0 Å². The van der Waals surface area contributed by atoms with Gasteiger partial charge in [0.1, 0.15) is 0 Å². The van der Waals surface area contributed by atoms with Crippen LogP contribution >= 0.6 is 23.2 Å². The minimum Gasteiger partial charge on any atom is -0.307 e. The summed E-state index contributed by atoms with van der Waals surface area (Å²) in [4.78, 5) is 20.0. The normalized spacial score (nSPS) is 10.1. The van der Waals surface area contributed by atoms with Gasteiger partial charge < -0.3 is 5.32 Å². The van der Waals surface area contributed by atoms with Crippen molar-refractivity contribution >= 4 is 40.9 Å². The van der Waals surface area contributed by atoms with E-state index in [1.54, 1.807) is 18.2 Å². The number of carbonyl (C=O) groups excluding carboxylic acids is 1. The molecule has 6 nitrogen and oxygen atoms in total. The van der Waals surface area contributed by atoms with Crippen LogP contribution in [0, 0.1) is 13.8 Å². The zero-order valence-corrected chi connectivity index (χ0v) is 12.9. The van der Waals surface area contributed by atoms with E-state index in [1.807, 2.05) is 19.9 Å². The number of hydrogen-bond donors (Lipinski definition) is 3. The van der Waals surface area contributed by atoms with Crippen LogP contribution in [0.2, 0.25) is 10.0 Å². The molecule has 0 atom stereocenters. The van der Waals surface area contributed by atoms with Crippen molar-refractivity contribution in [1.29, 1.82) is 0 Å². The number of carbonyl (C=O) groups is 1. The Morgan fingerprint density at radius 2 is 1.71 bits per heavy atom. The highest BCUT2D eigenvalue weighted by Gasteiger charge is 2.05. The summed E-state index contributed by atoms with van der Waals surface area (Å²) in [5.74, 6) is 0.316. The third kappa shape index (κ3) is 4.47. The van der Waals surface area contributed by atoms with E-state index in [-0.39, 0.29) is 0 Å². The maximum absolute atomic E-state index is 11.7. The van der Waals surface area contributed by atoms with Gasteiger partial charge in [-0.3, -0.25) is 5.43 Å². The average Bonchev–Trinajstić information content (AvgIpc) is 2.40. The second-order valence-electron chi connectivity index (χ2n) is 4.31. The monoisotopic (exact) mass is 325 g/mol. The Kier molecular flexibility index (Phi) is 4.82. The number of hydrogen-bond acceptors (Lipinski definition) is 4. The quantitative estimate of drug-likeness (QED) is 0.754. The topological polar surface area (TPSA) is 78.9 Å². The Morgan fingerprint density at radius 1 is 1.05 bits per heavy atom. The van der Waals surface area contributed by atoms with Crippen LogP contribution in [0.5, 0.6) is 0 Å². The maximum atomic E-state index is 11.7. The van der Waals surface area contributed by atoms with Crippen molar-refractivity contribution in [3.05, 3.63) is 45.7 Å². The van der Waals surface area contributed by atoms with Gasteiger partial charge in [-0.05, 0) is 38.1 Å². The van der Waals surface area contributed by atoms with Crippen molar-refractivity contribution in [3.63, 3.8) is 0 Å². The van der Waals surface area contributed by atoms with Gasteiger partial charge in [-0.25, -0.2) is 20.2 Å². The van der Waals surface area contributed by atoms with Gasteiger partial charge in [-0.15, -0.1) is 0 Å². The van der Waals surface area contributed by atoms with E-state index in [1.165, 1.54) is 0 Å². The lowest BCUT2D eigenvalue weighted by Crippen LogP contribution is -2.34. The van der Waals surface area contributed by atoms with Gasteiger partial charge >= 0.3 is 6.03 Å². The molecule has 8 heteroatoms. The van der Waals surface area contributed by atoms with Gasteiger partial charge in [-0.1, -0.05) is 23.2 Å². The molecule has 0 radical (unpaired) electrons. The summed E-state index contributed by atoms with van der Waals surface area (Å²) in [6, 6.07) is 6.15. The molecular formula is C13H13Cl2N5O. The van der Waals surface area contributed by atoms with Crippen LogP contribution in [-0.4, -0.2) is 16.0 Å². The first-order chi connectivity index (χ1) is 9.94. The van der Waals surface area contributed by atoms with E-state index in [0.29, 0.717) is 21.7 Å². The molecule has 1 aromatic carbocycles. The molecule has 0 bridgehead atoms. The highest BCUT2D eigenvalue weighted by atomic mass is 35.5. The van der Waals surface area contributed by atoms with Crippen LogP contribution in [0.4, 0.5) is 16.4 Å². The maximum Gasteiger partial charge on any atom is 0.337 e. The minimum atomic E-state index is -0.476. The molecule has 3 N–H and O–H groups in total. The number of nitrogens with one attached hydrogen (secondary N) is 3. The number of benzene rings is 1. The summed E-state index contributed by atoms with van der Waals surface area (Å²) in [6.45, 7) is 3.69. The molecule has 2 amide bonds. The third-order valence-corrected chi connectivity index (χ3v) is 3.19. The second-order valence-corrected chi connectivity index (χ2v) is 5.12. The van der Waals surface area contributed by atoms with Crippen molar-refractivity contribution in [2.45, 2.75) is 13.8 Å². The molecule has 0 spiro atoms. The Hall–Kier alpha value is -2.05. The predicted octanol–water partition coefficient (Wildman–Crippen LogP) is 3.55. The van der Waals surface area contributed by atoms with Crippen molar-refractivity contribution in [2.75, 3.05) is 10.7 Å². The first-order valence-corrected chi connectivity index (χ1v) is 6.80. The fourth-order valence-electron chi connectivity index (χ4n) is 1.63. The predicted molar refractivity (Wildman–Crippen MR) is 83.7 cm³/mol. The minimum absolute atomic E-state index is 0.316. The van der Waals surface area contributed by atoms with Crippen LogP contribution < -0.4 is 16.2 Å². The molecule has 0 aliphatic rings. The van der Waals surface area contributed by atoms with E-state index in [9.17, 15) is 4.79 Å². The summed E-state index contributed by atoms with van der Waals surface area (Å²) in [7, 11) is 0. The van der Waals surface area contributed by atoms with Crippen molar-refractivity contribution in [2.24, 2.45) is 0 Å². The van der Waals surface area contributed by atoms with Gasteiger partial charge in [0, 0.05) is 17.1 Å². The molecule has 2 rings (SSSR count). The average molecular weight is 326 g/mol. The van der Waals surface area contributed by atoms with Gasteiger partial charge in [0.05, 0.1) is 10.0 Å². The Bertz CT molecular complexity index is 657. The molecule has 0 aliphatic carbocycles. The molecule has 110 valence electrons. The highest BCUT2D eigenvalue weighted by molar-refractivity contribution is 6.42. The Morgan fingerprint density at radius 3 is 2.33 bits per heavy atom. The van der Waals surface area contributed by atoms with E-state index in [4.69, 9.17) is 23.2 Å². The second kappa shape index (κ2) is 6.60. The molecular weight excluding hydrogens is 313 g/mol. The summed E-state index contributed by atoms with van der Waals surface area (Å²) in [5, 5.41) is 3.38. The fourth-order valence-corrected chi connectivity index (χ4v) is 1.93. The summed E-state index contributed by atoms with van der Waals surface area (Å²) >= 11 is 11.7. The first-order valence-electron chi connectivity index (χ1n) is 6.04. The highest BCUT2D eigenvalue weighted by Crippen LogP contribution is 2.24. The molecule has 0 aliphatic heterocycles. The number of anilines is 2. The molecule has 0 unspecified atom stereocenters. The van der Waals surface area contributed by atoms with E-state index >= 15 is 0 Å². The zero-order valence-electron chi connectivity index (χ0n) is 11.4. The van der Waals surface area contributed by atoms with E-state index in [0.717, 1.165) is 11.4 Å². The number of aromatic nitrogens is 2. The molecule has 2 aromatic rings. The number of urea groups is 1. The lowest BCUT2D eigenvalue weighted by Gasteiger charge is -2.10. The van der Waals surface area contributed by atoms with Crippen LogP contribution in [-0.2, 0) is 0 Å². The number of nitrogens with zero attached hydrogens (tertiary/aromatic N) is 2. The third-order valence-electron chi connectivity index (χ3n) is 2.45. The van der Waals surface area contributed by atoms with Crippen LogP contribution in [0.1, 0.15) is 11.4 Å². The van der Waals surface area contributed by atoms with Gasteiger partial charge in [0.15, 0.2) is 0 Å². The van der Waals surface area contributed by atoms with Crippen LogP contribution in [0.3, 0.4) is 0 Å². The molecule has 1 heterocycles.